The van der Waals surface area contributed by atoms with Crippen LogP contribution in [0.3, 0.4) is 0 Å². The monoisotopic (exact) mass is 346 g/mol. The van der Waals surface area contributed by atoms with Crippen LogP contribution in [0.2, 0.25) is 0 Å². The number of nitrogens with zero attached hydrogens (tertiary/aromatic N) is 1. The van der Waals surface area contributed by atoms with Gasteiger partial charge < -0.3 is 5.32 Å². The molecule has 0 aliphatic carbocycles. The van der Waals surface area contributed by atoms with Gasteiger partial charge in [-0.25, -0.2) is 16.8 Å². The lowest BCUT2D eigenvalue weighted by Crippen LogP contribution is -2.44. The van der Waals surface area contributed by atoms with Crippen LogP contribution in [0.5, 0.6) is 0 Å². The van der Waals surface area contributed by atoms with Gasteiger partial charge in [0.1, 0.15) is 0 Å². The van der Waals surface area contributed by atoms with Crippen molar-refractivity contribution in [2.24, 2.45) is 0 Å². The fraction of sp³-hybridized carbons (Fsp3) is 0.571. The minimum Gasteiger partial charge on any atom is -0.317 e. The molecule has 1 saturated heterocycles. The zero-order valence-corrected chi connectivity index (χ0v) is 14.7. The molecule has 1 aromatic carbocycles. The maximum absolute atomic E-state index is 12.8. The molecule has 6 nitrogen and oxygen atoms in total. The fourth-order valence-corrected chi connectivity index (χ4v) is 5.06. The number of piperidine rings is 1. The normalized spacial score (nSPS) is 18.5. The lowest BCUT2D eigenvalue weighted by Gasteiger charge is -2.31. The van der Waals surface area contributed by atoms with E-state index in [-0.39, 0.29) is 9.79 Å². The summed E-state index contributed by atoms with van der Waals surface area (Å²) in [6.45, 7) is 2.56. The second kappa shape index (κ2) is 6.27. The molecule has 1 aromatic rings. The predicted octanol–water partition coefficient (Wildman–Crippen LogP) is 0.771. The molecule has 0 aromatic heterocycles. The molecule has 1 aliphatic heterocycles. The molecule has 22 heavy (non-hydrogen) atoms. The molecule has 0 unspecified atom stereocenters. The maximum atomic E-state index is 12.8. The minimum atomic E-state index is -3.67. The van der Waals surface area contributed by atoms with Crippen molar-refractivity contribution in [2.75, 3.05) is 26.4 Å². The number of nitrogens with one attached hydrogen (secondary N) is 1. The van der Waals surface area contributed by atoms with Crippen LogP contribution in [0.25, 0.3) is 0 Å². The molecular formula is C14H22N2O4S2. The van der Waals surface area contributed by atoms with Crippen LogP contribution < -0.4 is 5.32 Å². The molecule has 1 heterocycles. The lowest BCUT2D eigenvalue weighted by atomic mass is 10.1. The molecule has 1 aliphatic rings. The molecular weight excluding hydrogens is 324 g/mol. The number of sulfonamides is 1. The van der Waals surface area contributed by atoms with E-state index in [1.165, 1.54) is 16.4 Å². The van der Waals surface area contributed by atoms with Crippen LogP contribution in [0.15, 0.2) is 28.0 Å². The van der Waals surface area contributed by atoms with Crippen molar-refractivity contribution in [1.82, 2.24) is 9.62 Å². The van der Waals surface area contributed by atoms with E-state index in [0.717, 1.165) is 19.1 Å². The van der Waals surface area contributed by atoms with Crippen LogP contribution in [0, 0.1) is 6.92 Å². The summed E-state index contributed by atoms with van der Waals surface area (Å²) in [4.78, 5) is 0.111. The Morgan fingerprint density at radius 1 is 1.14 bits per heavy atom. The summed E-state index contributed by atoms with van der Waals surface area (Å²) in [6, 6.07) is 4.58. The van der Waals surface area contributed by atoms with Gasteiger partial charge in [-0.15, -0.1) is 0 Å². The average molecular weight is 346 g/mol. The molecule has 2 rings (SSSR count). The quantitative estimate of drug-likeness (QED) is 0.871. The lowest BCUT2D eigenvalue weighted by molar-refractivity contribution is 0.298. The van der Waals surface area contributed by atoms with Gasteiger partial charge in [0.2, 0.25) is 10.0 Å². The van der Waals surface area contributed by atoms with Crippen molar-refractivity contribution in [2.45, 2.75) is 35.6 Å². The van der Waals surface area contributed by atoms with Crippen molar-refractivity contribution < 1.29 is 16.8 Å². The fourth-order valence-electron chi connectivity index (χ4n) is 2.61. The number of sulfone groups is 1. The van der Waals surface area contributed by atoms with Crippen molar-refractivity contribution in [3.05, 3.63) is 23.8 Å². The molecule has 1 N–H and O–H groups in total. The molecule has 1 fully saturated rings. The van der Waals surface area contributed by atoms with E-state index < -0.39 is 19.9 Å². The van der Waals surface area contributed by atoms with Gasteiger partial charge in [-0.2, -0.15) is 4.31 Å². The molecule has 0 spiro atoms. The Hall–Kier alpha value is -0.960. The molecule has 0 bridgehead atoms. The second-order valence-corrected chi connectivity index (χ2v) is 9.59. The Labute approximate surface area is 132 Å². The summed E-state index contributed by atoms with van der Waals surface area (Å²) in [7, 11) is -5.24. The second-order valence-electron chi connectivity index (χ2n) is 5.67. The summed E-state index contributed by atoms with van der Waals surface area (Å²) in [5.41, 5.74) is 0.558. The third-order valence-corrected chi connectivity index (χ3v) is 7.22. The molecule has 0 atom stereocenters. The van der Waals surface area contributed by atoms with Gasteiger partial charge in [0, 0.05) is 25.4 Å². The van der Waals surface area contributed by atoms with E-state index in [4.69, 9.17) is 0 Å². The van der Waals surface area contributed by atoms with Crippen molar-refractivity contribution in [3.63, 3.8) is 0 Å². The summed E-state index contributed by atoms with van der Waals surface area (Å²) >= 11 is 0. The smallest absolute Gasteiger partial charge is 0.243 e. The number of hydrogen-bond donors (Lipinski definition) is 1. The van der Waals surface area contributed by atoms with Crippen LogP contribution >= 0.6 is 0 Å². The number of benzene rings is 1. The molecule has 8 heteroatoms. The van der Waals surface area contributed by atoms with E-state index in [9.17, 15) is 16.8 Å². The first kappa shape index (κ1) is 17.4. The van der Waals surface area contributed by atoms with Gasteiger partial charge in [-0.3, -0.25) is 0 Å². The van der Waals surface area contributed by atoms with Crippen LogP contribution in [-0.2, 0) is 19.9 Å². The van der Waals surface area contributed by atoms with E-state index in [0.29, 0.717) is 24.7 Å². The average Bonchev–Trinajstić information content (AvgIpc) is 2.46. The summed E-state index contributed by atoms with van der Waals surface area (Å²) in [5, 5.41) is 3.16. The Kier molecular flexibility index (Phi) is 4.96. The summed E-state index contributed by atoms with van der Waals surface area (Å²) in [6.07, 6.45) is 2.58. The van der Waals surface area contributed by atoms with Crippen LogP contribution in [-0.4, -0.2) is 53.6 Å². The highest BCUT2D eigenvalue weighted by atomic mass is 32.2. The Morgan fingerprint density at radius 2 is 1.73 bits per heavy atom. The highest BCUT2D eigenvalue weighted by Crippen LogP contribution is 2.25. The first-order chi connectivity index (χ1) is 10.2. The summed E-state index contributed by atoms with van der Waals surface area (Å²) in [5.74, 6) is 0. The van der Waals surface area contributed by atoms with Gasteiger partial charge in [-0.1, -0.05) is 6.07 Å². The highest BCUT2D eigenvalue weighted by Gasteiger charge is 2.30. The first-order valence-corrected chi connectivity index (χ1v) is 10.5. The number of rotatable bonds is 4. The van der Waals surface area contributed by atoms with Crippen LogP contribution in [0.1, 0.15) is 18.4 Å². The first-order valence-electron chi connectivity index (χ1n) is 7.14. The van der Waals surface area contributed by atoms with Gasteiger partial charge in [-0.05, 0) is 44.5 Å². The predicted molar refractivity (Wildman–Crippen MR) is 85.1 cm³/mol. The van der Waals surface area contributed by atoms with Gasteiger partial charge >= 0.3 is 0 Å². The molecule has 0 saturated carbocycles. The Morgan fingerprint density at radius 3 is 2.23 bits per heavy atom. The third kappa shape index (κ3) is 3.51. The largest absolute Gasteiger partial charge is 0.317 e. The van der Waals surface area contributed by atoms with Gasteiger partial charge in [0.15, 0.2) is 9.84 Å². The zero-order valence-electron chi connectivity index (χ0n) is 13.0. The number of hydrogen-bond acceptors (Lipinski definition) is 5. The Balaban J connectivity index is 2.38. The van der Waals surface area contributed by atoms with Crippen molar-refractivity contribution in [3.8, 4) is 0 Å². The van der Waals surface area contributed by atoms with E-state index in [1.54, 1.807) is 13.0 Å². The van der Waals surface area contributed by atoms with Crippen molar-refractivity contribution >= 4 is 19.9 Å². The van der Waals surface area contributed by atoms with Crippen molar-refractivity contribution in [1.29, 1.82) is 0 Å². The minimum absolute atomic E-state index is 0.0294. The van der Waals surface area contributed by atoms with E-state index in [1.807, 2.05) is 7.05 Å². The standard InChI is InChI=1S/C14H22N2O4S2/c1-11-4-5-13(21(3,17)18)10-14(11)22(19,20)16-8-6-12(15-2)7-9-16/h4-5,10,12,15H,6-9H2,1-3H3. The third-order valence-electron chi connectivity index (χ3n) is 4.07. The van der Waals surface area contributed by atoms with E-state index >= 15 is 0 Å². The molecule has 0 radical (unpaired) electrons. The Bertz CT molecular complexity index is 749. The number of aryl methyl sites for hydroxylation is 1. The highest BCUT2D eigenvalue weighted by molar-refractivity contribution is 7.91. The SMILES string of the molecule is CNC1CCN(S(=O)(=O)c2cc(S(C)(=O)=O)ccc2C)CC1. The molecule has 124 valence electrons. The maximum Gasteiger partial charge on any atom is 0.243 e. The van der Waals surface area contributed by atoms with Gasteiger partial charge in [0.05, 0.1) is 9.79 Å². The van der Waals surface area contributed by atoms with E-state index in [2.05, 4.69) is 5.32 Å². The summed E-state index contributed by atoms with van der Waals surface area (Å²) < 4.78 is 50.4. The zero-order chi connectivity index (χ0) is 16.5. The van der Waals surface area contributed by atoms with Gasteiger partial charge in [0.25, 0.3) is 0 Å². The van der Waals surface area contributed by atoms with Crippen LogP contribution in [0.4, 0.5) is 0 Å². The molecule has 0 amide bonds. The topological polar surface area (TPSA) is 83.6 Å².